The normalized spacial score (nSPS) is 20.2. The molecule has 0 radical (unpaired) electrons. The number of carbonyl (C=O) groups is 1. The van der Waals surface area contributed by atoms with E-state index >= 15 is 0 Å². The fraction of sp³-hybridized carbons (Fsp3) is 0.350. The predicted molar refractivity (Wildman–Crippen MR) is 96.7 cm³/mol. The molecule has 1 fully saturated rings. The maximum Gasteiger partial charge on any atom is 0.416 e. The SMILES string of the molecule is CC1C(=O)C/C1=C/Nc1nnc(-c2ccc(C(F)(F)F)cc2O)c2c1CCC2. The number of phenols is 1. The molecule has 0 amide bonds. The van der Waals surface area contributed by atoms with Crippen molar-refractivity contribution in [1.82, 2.24) is 10.2 Å². The number of ketones is 1. The lowest BCUT2D eigenvalue weighted by molar-refractivity contribution is -0.137. The minimum absolute atomic E-state index is 0.0862. The second-order valence-corrected chi connectivity index (χ2v) is 7.17. The molecule has 0 saturated heterocycles. The third-order valence-electron chi connectivity index (χ3n) is 5.43. The second kappa shape index (κ2) is 6.61. The summed E-state index contributed by atoms with van der Waals surface area (Å²) in [5.41, 5.74) is 2.56. The highest BCUT2D eigenvalue weighted by molar-refractivity contribution is 5.93. The molecule has 0 spiro atoms. The van der Waals surface area contributed by atoms with Gasteiger partial charge < -0.3 is 10.4 Å². The summed E-state index contributed by atoms with van der Waals surface area (Å²) in [6.07, 6.45) is 0.0352. The molecule has 4 rings (SSSR count). The van der Waals surface area contributed by atoms with E-state index in [0.29, 0.717) is 30.4 Å². The lowest BCUT2D eigenvalue weighted by atomic mass is 9.80. The standard InChI is InChI=1S/C20H18F3N3O2/c1-10-11(7-16(10)27)9-24-19-14-4-2-3-13(14)18(25-26-19)15-6-5-12(8-17(15)28)20(21,22)23/h5-6,8-10,28H,2-4,7H2,1H3,(H,24,26)/b11-9-. The number of fused-ring (bicyclic) bond motifs is 1. The zero-order valence-electron chi connectivity index (χ0n) is 15.1. The first kappa shape index (κ1) is 18.5. The number of phenolic OH excluding ortho intramolecular Hbond substituents is 1. The van der Waals surface area contributed by atoms with E-state index in [0.717, 1.165) is 35.6 Å². The number of alkyl halides is 3. The summed E-state index contributed by atoms with van der Waals surface area (Å²) < 4.78 is 38.5. The first-order chi connectivity index (χ1) is 13.3. The number of rotatable bonds is 3. The van der Waals surface area contributed by atoms with Gasteiger partial charge in [0.15, 0.2) is 5.82 Å². The Hall–Kier alpha value is -2.90. The molecule has 2 N–H and O–H groups in total. The Labute approximate surface area is 159 Å². The molecule has 0 bridgehead atoms. The molecule has 1 aromatic heterocycles. The van der Waals surface area contributed by atoms with Gasteiger partial charge in [0.25, 0.3) is 0 Å². The van der Waals surface area contributed by atoms with E-state index < -0.39 is 17.5 Å². The number of hydrogen-bond acceptors (Lipinski definition) is 5. The van der Waals surface area contributed by atoms with E-state index in [1.807, 2.05) is 6.92 Å². The van der Waals surface area contributed by atoms with Crippen LogP contribution < -0.4 is 5.32 Å². The zero-order chi connectivity index (χ0) is 20.1. The molecule has 8 heteroatoms. The number of allylic oxidation sites excluding steroid dienone is 1. The molecule has 1 saturated carbocycles. The van der Waals surface area contributed by atoms with Gasteiger partial charge in [0.05, 0.1) is 5.56 Å². The molecule has 1 unspecified atom stereocenters. The Kier molecular flexibility index (Phi) is 4.36. The number of carbonyl (C=O) groups excluding carboxylic acids is 1. The first-order valence-corrected chi connectivity index (χ1v) is 9.03. The molecular formula is C20H18F3N3O2. The van der Waals surface area contributed by atoms with Crippen LogP contribution in [-0.4, -0.2) is 21.1 Å². The minimum atomic E-state index is -4.52. The fourth-order valence-corrected chi connectivity index (χ4v) is 3.65. The summed E-state index contributed by atoms with van der Waals surface area (Å²) in [4.78, 5) is 11.4. The van der Waals surface area contributed by atoms with Crippen molar-refractivity contribution in [3.05, 3.63) is 46.7 Å². The van der Waals surface area contributed by atoms with Crippen LogP contribution in [0.25, 0.3) is 11.3 Å². The Morgan fingerprint density at radius 1 is 1.21 bits per heavy atom. The summed E-state index contributed by atoms with van der Waals surface area (Å²) in [5.74, 6) is 0.235. The number of benzene rings is 1. The maximum absolute atomic E-state index is 12.8. The monoisotopic (exact) mass is 389 g/mol. The predicted octanol–water partition coefficient (Wildman–Crippen LogP) is 4.26. The highest BCUT2D eigenvalue weighted by Crippen LogP contribution is 2.40. The summed E-state index contributed by atoms with van der Waals surface area (Å²) >= 11 is 0. The minimum Gasteiger partial charge on any atom is -0.507 e. The number of Topliss-reactive ketones (excluding diaryl/α,β-unsaturated/α-hetero) is 1. The van der Waals surface area contributed by atoms with Crippen LogP contribution in [0.15, 0.2) is 30.0 Å². The van der Waals surface area contributed by atoms with Gasteiger partial charge in [-0.25, -0.2) is 0 Å². The molecule has 0 aliphatic heterocycles. The van der Waals surface area contributed by atoms with Crippen molar-refractivity contribution in [2.45, 2.75) is 38.8 Å². The van der Waals surface area contributed by atoms with Crippen molar-refractivity contribution in [1.29, 1.82) is 0 Å². The Balaban J connectivity index is 1.67. The van der Waals surface area contributed by atoms with Crippen LogP contribution in [-0.2, 0) is 23.8 Å². The highest BCUT2D eigenvalue weighted by atomic mass is 19.4. The van der Waals surface area contributed by atoms with Crippen LogP contribution in [0.5, 0.6) is 5.75 Å². The van der Waals surface area contributed by atoms with E-state index in [1.165, 1.54) is 6.07 Å². The van der Waals surface area contributed by atoms with Crippen LogP contribution in [0.4, 0.5) is 19.0 Å². The van der Waals surface area contributed by atoms with Crippen molar-refractivity contribution < 1.29 is 23.1 Å². The molecule has 5 nitrogen and oxygen atoms in total. The average Bonchev–Trinajstić information content (AvgIpc) is 3.14. The van der Waals surface area contributed by atoms with Crippen LogP contribution >= 0.6 is 0 Å². The van der Waals surface area contributed by atoms with Gasteiger partial charge in [0.2, 0.25) is 0 Å². The van der Waals surface area contributed by atoms with Gasteiger partial charge in [0.1, 0.15) is 17.2 Å². The van der Waals surface area contributed by atoms with Crippen LogP contribution in [0.1, 0.15) is 36.5 Å². The van der Waals surface area contributed by atoms with Crippen LogP contribution in [0.3, 0.4) is 0 Å². The van der Waals surface area contributed by atoms with Gasteiger partial charge in [-0.2, -0.15) is 13.2 Å². The third kappa shape index (κ3) is 3.12. The third-order valence-corrected chi connectivity index (χ3v) is 5.43. The zero-order valence-corrected chi connectivity index (χ0v) is 15.1. The lowest BCUT2D eigenvalue weighted by Crippen LogP contribution is -2.26. The average molecular weight is 389 g/mol. The quantitative estimate of drug-likeness (QED) is 0.820. The van der Waals surface area contributed by atoms with E-state index in [4.69, 9.17) is 0 Å². The number of halogens is 3. The molecule has 1 atom stereocenters. The van der Waals surface area contributed by atoms with E-state index in [1.54, 1.807) is 6.20 Å². The molecule has 28 heavy (non-hydrogen) atoms. The van der Waals surface area contributed by atoms with E-state index in [-0.39, 0.29) is 17.3 Å². The number of hydrogen-bond donors (Lipinski definition) is 2. The Morgan fingerprint density at radius 2 is 1.96 bits per heavy atom. The summed E-state index contributed by atoms with van der Waals surface area (Å²) in [5, 5.41) is 21.6. The fourth-order valence-electron chi connectivity index (χ4n) is 3.65. The van der Waals surface area contributed by atoms with Gasteiger partial charge in [-0.15, -0.1) is 10.2 Å². The number of anilines is 1. The smallest absolute Gasteiger partial charge is 0.416 e. The molecule has 2 aromatic rings. The van der Waals surface area contributed by atoms with Crippen molar-refractivity contribution >= 4 is 11.6 Å². The lowest BCUT2D eigenvalue weighted by Gasteiger charge is -2.24. The van der Waals surface area contributed by atoms with Crippen molar-refractivity contribution in [2.24, 2.45) is 5.92 Å². The molecule has 1 aromatic carbocycles. The molecular weight excluding hydrogens is 371 g/mol. The number of nitrogens with zero attached hydrogens (tertiary/aromatic N) is 2. The number of nitrogens with one attached hydrogen (secondary N) is 1. The van der Waals surface area contributed by atoms with Gasteiger partial charge >= 0.3 is 6.18 Å². The van der Waals surface area contributed by atoms with Crippen molar-refractivity contribution in [2.75, 3.05) is 5.32 Å². The van der Waals surface area contributed by atoms with Gasteiger partial charge in [-0.05, 0) is 48.6 Å². The highest BCUT2D eigenvalue weighted by Gasteiger charge is 2.32. The van der Waals surface area contributed by atoms with Crippen LogP contribution in [0, 0.1) is 5.92 Å². The van der Waals surface area contributed by atoms with Crippen molar-refractivity contribution in [3.63, 3.8) is 0 Å². The van der Waals surface area contributed by atoms with Gasteiger partial charge in [0, 0.05) is 29.7 Å². The second-order valence-electron chi connectivity index (χ2n) is 7.17. The van der Waals surface area contributed by atoms with Gasteiger partial charge in [-0.3, -0.25) is 4.79 Å². The van der Waals surface area contributed by atoms with Crippen LogP contribution in [0.2, 0.25) is 0 Å². The number of aromatic nitrogens is 2. The molecule has 1 heterocycles. The summed E-state index contributed by atoms with van der Waals surface area (Å²) in [6.45, 7) is 1.85. The summed E-state index contributed by atoms with van der Waals surface area (Å²) in [7, 11) is 0. The Bertz CT molecular complexity index is 999. The molecule has 2 aliphatic rings. The maximum atomic E-state index is 12.8. The first-order valence-electron chi connectivity index (χ1n) is 9.03. The Morgan fingerprint density at radius 3 is 2.61 bits per heavy atom. The topological polar surface area (TPSA) is 75.1 Å². The largest absolute Gasteiger partial charge is 0.507 e. The number of aromatic hydroxyl groups is 1. The summed E-state index contributed by atoms with van der Waals surface area (Å²) in [6, 6.07) is 2.88. The van der Waals surface area contributed by atoms with E-state index in [2.05, 4.69) is 15.5 Å². The molecule has 146 valence electrons. The van der Waals surface area contributed by atoms with Crippen molar-refractivity contribution in [3.8, 4) is 17.0 Å². The molecule has 2 aliphatic carbocycles. The van der Waals surface area contributed by atoms with Gasteiger partial charge in [-0.1, -0.05) is 6.92 Å². The van der Waals surface area contributed by atoms with E-state index in [9.17, 15) is 23.1 Å².